The number of nitrogens with two attached hydrogens (primary N) is 1. The quantitative estimate of drug-likeness (QED) is 0.299. The van der Waals surface area contributed by atoms with Gasteiger partial charge in [-0.15, -0.1) is 0 Å². The van der Waals surface area contributed by atoms with Crippen molar-refractivity contribution in [2.75, 3.05) is 52.9 Å². The summed E-state index contributed by atoms with van der Waals surface area (Å²) in [5, 5.41) is 12.6. The zero-order valence-electron chi connectivity index (χ0n) is 34.5. The van der Waals surface area contributed by atoms with Crippen LogP contribution in [-0.4, -0.2) is 127 Å². The molecule has 8 rings (SSSR count). The molecule has 10 heteroatoms. The van der Waals surface area contributed by atoms with Gasteiger partial charge < -0.3 is 39.6 Å². The average Bonchev–Trinajstić information content (AvgIpc) is 3.73. The summed E-state index contributed by atoms with van der Waals surface area (Å²) in [6.45, 7) is 22.3. The number of carbonyl (C=O) groups excluding carboxylic acids is 1. The van der Waals surface area contributed by atoms with Gasteiger partial charge in [-0.1, -0.05) is 48.0 Å². The molecule has 5 aliphatic carbocycles. The van der Waals surface area contributed by atoms with Gasteiger partial charge in [0.1, 0.15) is 6.10 Å². The maximum atomic E-state index is 12.9. The number of aliphatic hydroxyl groups excluding tert-OH is 1. The van der Waals surface area contributed by atoms with Crippen molar-refractivity contribution in [3.8, 4) is 0 Å². The minimum atomic E-state index is -0.765. The lowest BCUT2D eigenvalue weighted by Gasteiger charge is -2.63. The molecule has 0 aromatic rings. The average molecular weight is 743 g/mol. The van der Waals surface area contributed by atoms with Crippen molar-refractivity contribution in [3.63, 3.8) is 0 Å². The molecule has 0 aromatic carbocycles. The number of amides is 1. The third kappa shape index (κ3) is 5.82. The molecule has 3 N–H and O–H groups in total. The molecule has 302 valence electrons. The molecule has 1 amide bonds. The van der Waals surface area contributed by atoms with Crippen LogP contribution in [0.3, 0.4) is 0 Å². The van der Waals surface area contributed by atoms with Gasteiger partial charge in [0.2, 0.25) is 0 Å². The van der Waals surface area contributed by atoms with Crippen LogP contribution in [0.2, 0.25) is 0 Å². The lowest BCUT2D eigenvalue weighted by molar-refractivity contribution is -0.249. The molecule has 10 nitrogen and oxygen atoms in total. The highest BCUT2D eigenvalue weighted by Crippen LogP contribution is 2.87. The van der Waals surface area contributed by atoms with E-state index in [1.807, 2.05) is 6.92 Å². The number of likely N-dealkylation sites (tertiary alicyclic amines) is 2. The van der Waals surface area contributed by atoms with Gasteiger partial charge in [-0.25, -0.2) is 4.79 Å². The van der Waals surface area contributed by atoms with Crippen LogP contribution < -0.4 is 5.73 Å². The van der Waals surface area contributed by atoms with E-state index in [0.717, 1.165) is 71.3 Å². The van der Waals surface area contributed by atoms with Crippen molar-refractivity contribution in [3.05, 3.63) is 0 Å². The summed E-state index contributed by atoms with van der Waals surface area (Å²) in [5.74, 6) is 1.07. The van der Waals surface area contributed by atoms with Crippen LogP contribution in [0.15, 0.2) is 0 Å². The number of fused-ring (bicyclic) bond motifs is 2. The van der Waals surface area contributed by atoms with Crippen LogP contribution in [0, 0.1) is 45.3 Å². The van der Waals surface area contributed by atoms with Crippen LogP contribution in [-0.2, 0) is 18.9 Å². The fourth-order valence-electron chi connectivity index (χ4n) is 14.6. The van der Waals surface area contributed by atoms with E-state index in [2.05, 4.69) is 58.4 Å². The monoisotopic (exact) mass is 743 g/mol. The van der Waals surface area contributed by atoms with Crippen molar-refractivity contribution in [1.29, 1.82) is 0 Å². The lowest BCUT2D eigenvalue weighted by Crippen LogP contribution is -2.70. The molecule has 0 radical (unpaired) electrons. The molecule has 53 heavy (non-hydrogen) atoms. The SMILES string of the molecule is CCC1C(OC(C)C(OC(=O)N2CCC2)C(C)C)C(O)C2(N)C3CCC4C(C)(C)C(OC5CN(C6CCN(C)CC6)CCO5)CCC45CC35CCC12C. The molecule has 8 fully saturated rings. The number of hydrogen-bond donors (Lipinski definition) is 2. The Hall–Kier alpha value is -1.01. The number of carbonyl (C=O) groups is 1. The van der Waals surface area contributed by atoms with E-state index in [-0.39, 0.29) is 76.2 Å². The highest BCUT2D eigenvalue weighted by Gasteiger charge is 2.84. The van der Waals surface area contributed by atoms with E-state index in [1.54, 1.807) is 4.90 Å². The molecular formula is C43H74N4O6. The first-order valence-corrected chi connectivity index (χ1v) is 21.9. The summed E-state index contributed by atoms with van der Waals surface area (Å²) < 4.78 is 26.4. The van der Waals surface area contributed by atoms with Gasteiger partial charge in [-0.2, -0.15) is 0 Å². The fraction of sp³-hybridized carbons (Fsp3) is 0.977. The normalized spacial score (nSPS) is 46.8. The fourth-order valence-corrected chi connectivity index (χ4v) is 14.6. The second kappa shape index (κ2) is 13.8. The molecule has 3 aliphatic heterocycles. The second-order valence-electron chi connectivity index (χ2n) is 20.5. The lowest BCUT2D eigenvalue weighted by atomic mass is 9.44. The first-order valence-electron chi connectivity index (χ1n) is 21.9. The Kier molecular flexibility index (Phi) is 10.1. The van der Waals surface area contributed by atoms with E-state index < -0.39 is 11.6 Å². The third-order valence-electron chi connectivity index (χ3n) is 17.7. The second-order valence-corrected chi connectivity index (χ2v) is 20.5. The van der Waals surface area contributed by atoms with Crippen LogP contribution in [0.1, 0.15) is 119 Å². The van der Waals surface area contributed by atoms with Crippen molar-refractivity contribution in [1.82, 2.24) is 14.7 Å². The Morgan fingerprint density at radius 3 is 2.30 bits per heavy atom. The van der Waals surface area contributed by atoms with Crippen LogP contribution in [0.25, 0.3) is 0 Å². The zero-order chi connectivity index (χ0) is 37.7. The molecule has 2 spiro atoms. The van der Waals surface area contributed by atoms with Gasteiger partial charge >= 0.3 is 6.09 Å². The summed E-state index contributed by atoms with van der Waals surface area (Å²) in [7, 11) is 2.24. The highest BCUT2D eigenvalue weighted by molar-refractivity contribution is 5.68. The molecule has 5 saturated carbocycles. The number of ether oxygens (including phenoxy) is 4. The molecule has 0 bridgehead atoms. The van der Waals surface area contributed by atoms with Crippen molar-refractivity contribution >= 4 is 6.09 Å². The first-order chi connectivity index (χ1) is 25.1. The maximum absolute atomic E-state index is 12.9. The smallest absolute Gasteiger partial charge is 0.410 e. The molecule has 0 aromatic heterocycles. The van der Waals surface area contributed by atoms with Crippen LogP contribution in [0.5, 0.6) is 0 Å². The Morgan fingerprint density at radius 1 is 0.943 bits per heavy atom. The van der Waals surface area contributed by atoms with Gasteiger partial charge in [0.25, 0.3) is 0 Å². The molecule has 13 atom stereocenters. The predicted molar refractivity (Wildman–Crippen MR) is 205 cm³/mol. The van der Waals surface area contributed by atoms with E-state index in [9.17, 15) is 9.90 Å². The third-order valence-corrected chi connectivity index (χ3v) is 17.7. The predicted octanol–water partition coefficient (Wildman–Crippen LogP) is 5.89. The highest BCUT2D eigenvalue weighted by atomic mass is 16.7. The largest absolute Gasteiger partial charge is 0.443 e. The Balaban J connectivity index is 0.974. The molecule has 3 heterocycles. The number of aliphatic hydroxyl groups is 1. The Bertz CT molecular complexity index is 1350. The minimum Gasteiger partial charge on any atom is -0.443 e. The van der Waals surface area contributed by atoms with E-state index in [4.69, 9.17) is 24.7 Å². The van der Waals surface area contributed by atoms with Gasteiger partial charge in [-0.05, 0) is 137 Å². The zero-order valence-corrected chi connectivity index (χ0v) is 34.5. The van der Waals surface area contributed by atoms with Crippen molar-refractivity contribution in [2.24, 2.45) is 51.1 Å². The van der Waals surface area contributed by atoms with Crippen LogP contribution in [0.4, 0.5) is 4.79 Å². The van der Waals surface area contributed by atoms with Crippen LogP contribution >= 0.6 is 0 Å². The first kappa shape index (κ1) is 38.8. The number of morpholine rings is 1. The molecule has 3 saturated heterocycles. The number of nitrogens with zero attached hydrogens (tertiary/aromatic N) is 3. The molecule has 8 aliphatic rings. The van der Waals surface area contributed by atoms with Crippen molar-refractivity contribution in [2.45, 2.75) is 167 Å². The van der Waals surface area contributed by atoms with E-state index in [1.165, 1.54) is 45.2 Å². The van der Waals surface area contributed by atoms with Gasteiger partial charge in [0.15, 0.2) is 6.29 Å². The molecular weight excluding hydrogens is 668 g/mol. The Morgan fingerprint density at radius 2 is 1.64 bits per heavy atom. The maximum Gasteiger partial charge on any atom is 0.410 e. The van der Waals surface area contributed by atoms with Gasteiger partial charge in [-0.3, -0.25) is 4.90 Å². The topological polar surface area (TPSA) is 110 Å². The molecule has 13 unspecified atom stereocenters. The minimum absolute atomic E-state index is 0.0368. The van der Waals surface area contributed by atoms with Crippen molar-refractivity contribution < 1.29 is 28.8 Å². The summed E-state index contributed by atoms with van der Waals surface area (Å²) in [6, 6.07) is 0.641. The number of rotatable bonds is 9. The van der Waals surface area contributed by atoms with Gasteiger partial charge in [0.05, 0.1) is 36.6 Å². The Labute approximate surface area is 320 Å². The standard InChI is InChI=1S/C43H74N4O6/c1-9-30-36(51-28(4)35(27(2)3)53-38(49)46-19-10-20-46)37(48)43(44)32-12-11-31-39(5,6)33(13-16-41(31)26-42(32,41)18-17-40(30,43)7)52-34-25-47(23-24-50-34)29-14-21-45(8)22-15-29/h27-37,48H,9-26,44H2,1-8H3. The van der Waals surface area contributed by atoms with E-state index in [0.29, 0.717) is 12.0 Å². The summed E-state index contributed by atoms with van der Waals surface area (Å²) in [4.78, 5) is 19.8. The van der Waals surface area contributed by atoms with E-state index >= 15 is 0 Å². The summed E-state index contributed by atoms with van der Waals surface area (Å²) in [6.07, 6.45) is 10.2. The number of hydrogen-bond acceptors (Lipinski definition) is 9. The summed E-state index contributed by atoms with van der Waals surface area (Å²) >= 11 is 0. The summed E-state index contributed by atoms with van der Waals surface area (Å²) in [5.41, 5.74) is 7.39. The number of piperidine rings is 1. The van der Waals surface area contributed by atoms with Gasteiger partial charge in [0, 0.05) is 32.2 Å².